The van der Waals surface area contributed by atoms with E-state index in [0.717, 1.165) is 29.8 Å². The van der Waals surface area contributed by atoms with Crippen LogP contribution >= 0.6 is 11.3 Å². The van der Waals surface area contributed by atoms with E-state index in [2.05, 4.69) is 15.4 Å². The van der Waals surface area contributed by atoms with Gasteiger partial charge in [-0.3, -0.25) is 4.79 Å². The number of carbonyl (C=O) groups is 1. The third-order valence-corrected chi connectivity index (χ3v) is 8.09. The van der Waals surface area contributed by atoms with Gasteiger partial charge in [-0.15, -0.1) is 11.3 Å². The number of hydrogen-bond donors (Lipinski definition) is 1. The van der Waals surface area contributed by atoms with E-state index in [1.807, 2.05) is 0 Å². The Labute approximate surface area is 180 Å². The molecule has 4 aliphatic carbocycles. The van der Waals surface area contributed by atoms with Crippen LogP contribution in [0.15, 0.2) is 29.8 Å². The first-order valence-electron chi connectivity index (χ1n) is 10.6. The molecular formula is C22H21F3N4OS. The minimum absolute atomic E-state index is 0.0551. The number of amides is 1. The molecule has 3 heterocycles. The number of aromatic nitrogens is 3. The van der Waals surface area contributed by atoms with E-state index in [4.69, 9.17) is 0 Å². The Morgan fingerprint density at radius 3 is 2.42 bits per heavy atom. The molecule has 9 heteroatoms. The van der Waals surface area contributed by atoms with Crippen LogP contribution in [0.4, 0.5) is 13.2 Å². The average Bonchev–Trinajstić information content (AvgIpc) is 3.35. The van der Waals surface area contributed by atoms with E-state index in [9.17, 15) is 18.0 Å². The van der Waals surface area contributed by atoms with Crippen LogP contribution in [0.3, 0.4) is 0 Å². The quantitative estimate of drug-likeness (QED) is 0.604. The summed E-state index contributed by atoms with van der Waals surface area (Å²) in [4.78, 5) is 18.3. The largest absolute Gasteiger partial charge is 0.433 e. The minimum Gasteiger partial charge on any atom is -0.346 e. The lowest BCUT2D eigenvalue weighted by molar-refractivity contribution is -0.142. The summed E-state index contributed by atoms with van der Waals surface area (Å²) >= 11 is 1.31. The molecule has 7 rings (SSSR count). The third-order valence-electron chi connectivity index (χ3n) is 7.20. The van der Waals surface area contributed by atoms with Crippen molar-refractivity contribution >= 4 is 22.9 Å². The molecule has 0 aliphatic heterocycles. The lowest BCUT2D eigenvalue weighted by Crippen LogP contribution is -2.59. The Bertz CT molecular complexity index is 1130. The second-order valence-corrected chi connectivity index (χ2v) is 10.4. The van der Waals surface area contributed by atoms with Gasteiger partial charge in [-0.25, -0.2) is 9.50 Å². The van der Waals surface area contributed by atoms with E-state index in [0.29, 0.717) is 22.6 Å². The maximum atomic E-state index is 13.8. The highest BCUT2D eigenvalue weighted by molar-refractivity contribution is 7.13. The molecule has 0 unspecified atom stereocenters. The zero-order chi connectivity index (χ0) is 21.4. The number of fused-ring (bicyclic) bond motifs is 1. The summed E-state index contributed by atoms with van der Waals surface area (Å²) in [7, 11) is 0. The SMILES string of the molecule is O=C(NC12CC3CC(CC(C3)C1)C2)c1cnn2c(C(F)(F)F)cc(-c3cccs3)nc12. The molecule has 4 aliphatic rings. The van der Waals surface area contributed by atoms with Crippen molar-refractivity contribution in [2.45, 2.75) is 50.2 Å². The van der Waals surface area contributed by atoms with Gasteiger partial charge in [0.1, 0.15) is 5.56 Å². The third kappa shape index (κ3) is 3.16. The fourth-order valence-corrected chi connectivity index (χ4v) is 7.13. The Hall–Kier alpha value is -2.42. The molecule has 1 amide bonds. The fraction of sp³-hybridized carbons (Fsp3) is 0.500. The van der Waals surface area contributed by atoms with Crippen LogP contribution in [-0.4, -0.2) is 26.0 Å². The molecule has 31 heavy (non-hydrogen) atoms. The molecule has 4 bridgehead atoms. The van der Waals surface area contributed by atoms with Crippen LogP contribution in [0.1, 0.15) is 54.6 Å². The Morgan fingerprint density at radius 1 is 1.16 bits per heavy atom. The lowest BCUT2D eigenvalue weighted by atomic mass is 9.53. The molecule has 0 saturated heterocycles. The van der Waals surface area contributed by atoms with E-state index in [-0.39, 0.29) is 28.4 Å². The maximum absolute atomic E-state index is 13.8. The van der Waals surface area contributed by atoms with Crippen molar-refractivity contribution < 1.29 is 18.0 Å². The highest BCUT2D eigenvalue weighted by Gasteiger charge is 2.51. The number of alkyl halides is 3. The van der Waals surface area contributed by atoms with Gasteiger partial charge in [0, 0.05) is 5.54 Å². The fourth-order valence-electron chi connectivity index (χ4n) is 6.45. The number of halogens is 3. The summed E-state index contributed by atoms with van der Waals surface area (Å²) < 4.78 is 42.0. The van der Waals surface area contributed by atoms with Gasteiger partial charge in [0.05, 0.1) is 16.8 Å². The monoisotopic (exact) mass is 446 g/mol. The first-order chi connectivity index (χ1) is 14.8. The molecule has 5 nitrogen and oxygen atoms in total. The summed E-state index contributed by atoms with van der Waals surface area (Å²) in [6.45, 7) is 0. The summed E-state index contributed by atoms with van der Waals surface area (Å²) in [5.74, 6) is 1.57. The number of carbonyl (C=O) groups excluding carboxylic acids is 1. The number of nitrogens with one attached hydrogen (secondary N) is 1. The molecule has 162 valence electrons. The Morgan fingerprint density at radius 2 is 1.84 bits per heavy atom. The minimum atomic E-state index is -4.62. The predicted octanol–water partition coefficient (Wildman–Crippen LogP) is 5.18. The van der Waals surface area contributed by atoms with Crippen LogP contribution in [0.2, 0.25) is 0 Å². The number of hydrogen-bond acceptors (Lipinski definition) is 4. The summed E-state index contributed by atoms with van der Waals surface area (Å²) in [6, 6.07) is 4.47. The van der Waals surface area contributed by atoms with Gasteiger partial charge in [0.2, 0.25) is 0 Å². The lowest BCUT2D eigenvalue weighted by Gasteiger charge is -2.56. The second-order valence-electron chi connectivity index (χ2n) is 9.45. The maximum Gasteiger partial charge on any atom is 0.433 e. The van der Waals surface area contributed by atoms with Gasteiger partial charge in [0.25, 0.3) is 5.91 Å². The van der Waals surface area contributed by atoms with E-state index in [1.165, 1.54) is 36.8 Å². The smallest absolute Gasteiger partial charge is 0.346 e. The van der Waals surface area contributed by atoms with E-state index >= 15 is 0 Å². The zero-order valence-electron chi connectivity index (χ0n) is 16.7. The molecule has 0 atom stereocenters. The molecular weight excluding hydrogens is 425 g/mol. The average molecular weight is 446 g/mol. The van der Waals surface area contributed by atoms with Crippen molar-refractivity contribution in [1.82, 2.24) is 19.9 Å². The predicted molar refractivity (Wildman–Crippen MR) is 110 cm³/mol. The molecule has 1 N–H and O–H groups in total. The van der Waals surface area contributed by atoms with Crippen molar-refractivity contribution in [2.75, 3.05) is 0 Å². The standard InChI is InChI=1S/C22H21F3N4OS/c23-22(24,25)18-7-16(17-2-1-3-31-17)27-19-15(11-26-29(18)19)20(30)28-21-8-12-4-13(9-21)6-14(5-12)10-21/h1-3,7,11-14H,4-6,8-10H2,(H,28,30). The topological polar surface area (TPSA) is 59.3 Å². The molecule has 0 aromatic carbocycles. The van der Waals surface area contributed by atoms with Crippen LogP contribution in [-0.2, 0) is 6.18 Å². The number of nitrogens with zero attached hydrogens (tertiary/aromatic N) is 3. The molecule has 3 aromatic heterocycles. The molecule has 0 spiro atoms. The van der Waals surface area contributed by atoms with Crippen LogP contribution in [0.25, 0.3) is 16.2 Å². The van der Waals surface area contributed by atoms with Gasteiger partial charge in [0.15, 0.2) is 11.3 Å². The molecule has 4 fully saturated rings. The van der Waals surface area contributed by atoms with Gasteiger partial charge in [-0.05, 0) is 73.8 Å². The first-order valence-corrected chi connectivity index (χ1v) is 11.5. The van der Waals surface area contributed by atoms with Crippen molar-refractivity contribution in [2.24, 2.45) is 17.8 Å². The van der Waals surface area contributed by atoms with E-state index in [1.54, 1.807) is 17.5 Å². The molecule has 0 radical (unpaired) electrons. The second kappa shape index (κ2) is 6.54. The van der Waals surface area contributed by atoms with Crippen molar-refractivity contribution in [1.29, 1.82) is 0 Å². The summed E-state index contributed by atoms with van der Waals surface area (Å²) in [6.07, 6.45) is 3.22. The summed E-state index contributed by atoms with van der Waals surface area (Å²) in [5, 5.41) is 8.90. The van der Waals surface area contributed by atoms with Crippen molar-refractivity contribution in [3.63, 3.8) is 0 Å². The van der Waals surface area contributed by atoms with Gasteiger partial charge in [-0.1, -0.05) is 6.07 Å². The van der Waals surface area contributed by atoms with Crippen molar-refractivity contribution in [3.05, 3.63) is 41.0 Å². The molecule has 3 aromatic rings. The normalized spacial score (nSPS) is 29.6. The van der Waals surface area contributed by atoms with Crippen LogP contribution in [0.5, 0.6) is 0 Å². The first kappa shape index (κ1) is 19.3. The van der Waals surface area contributed by atoms with E-state index < -0.39 is 11.9 Å². The van der Waals surface area contributed by atoms with Gasteiger partial charge >= 0.3 is 6.18 Å². The Kier molecular flexibility index (Phi) is 4.07. The van der Waals surface area contributed by atoms with Crippen LogP contribution in [0, 0.1) is 17.8 Å². The van der Waals surface area contributed by atoms with Gasteiger partial charge < -0.3 is 5.32 Å². The van der Waals surface area contributed by atoms with Gasteiger partial charge in [-0.2, -0.15) is 18.3 Å². The van der Waals surface area contributed by atoms with Crippen molar-refractivity contribution in [3.8, 4) is 10.6 Å². The highest BCUT2D eigenvalue weighted by atomic mass is 32.1. The number of rotatable bonds is 3. The number of thiophene rings is 1. The highest BCUT2D eigenvalue weighted by Crippen LogP contribution is 2.55. The molecule has 4 saturated carbocycles. The summed E-state index contributed by atoms with van der Waals surface area (Å²) in [5.41, 5.74) is -0.938. The van der Waals surface area contributed by atoms with Crippen LogP contribution < -0.4 is 5.32 Å². The Balaban J connectivity index is 1.40. The zero-order valence-corrected chi connectivity index (χ0v) is 17.5.